The molecule has 7 nitrogen and oxygen atoms in total. The molecule has 0 aliphatic carbocycles. The van der Waals surface area contributed by atoms with Crippen molar-refractivity contribution < 1.29 is 4.79 Å². The molecule has 8 heteroatoms. The zero-order valence-electron chi connectivity index (χ0n) is 11.0. The van der Waals surface area contributed by atoms with E-state index in [2.05, 4.69) is 30.4 Å². The average molecular weight is 290 g/mol. The van der Waals surface area contributed by atoms with Gasteiger partial charge in [-0.1, -0.05) is 11.3 Å². The lowest BCUT2D eigenvalue weighted by Gasteiger charge is -2.16. The summed E-state index contributed by atoms with van der Waals surface area (Å²) >= 11 is 1.33. The van der Waals surface area contributed by atoms with Crippen LogP contribution in [0.15, 0.2) is 12.4 Å². The predicted molar refractivity (Wildman–Crippen MR) is 76.1 cm³/mol. The quantitative estimate of drug-likeness (QED) is 0.922. The largest absolute Gasteiger partial charge is 0.357 e. The highest BCUT2D eigenvalue weighted by Crippen LogP contribution is 2.19. The van der Waals surface area contributed by atoms with Crippen molar-refractivity contribution in [3.8, 4) is 0 Å². The molecule has 1 aliphatic rings. The first kappa shape index (κ1) is 12.9. The molecule has 0 bridgehead atoms. The van der Waals surface area contributed by atoms with Gasteiger partial charge in [-0.3, -0.25) is 10.1 Å². The summed E-state index contributed by atoms with van der Waals surface area (Å²) < 4.78 is 0. The second-order valence-corrected chi connectivity index (χ2v) is 5.72. The number of carbonyl (C=O) groups excluding carboxylic acids is 1. The van der Waals surface area contributed by atoms with Crippen molar-refractivity contribution >= 4 is 28.2 Å². The summed E-state index contributed by atoms with van der Waals surface area (Å²) in [5, 5.41) is 11.7. The zero-order chi connectivity index (χ0) is 13.9. The van der Waals surface area contributed by atoms with Gasteiger partial charge in [0.1, 0.15) is 22.8 Å². The molecule has 3 heterocycles. The van der Waals surface area contributed by atoms with Crippen molar-refractivity contribution in [1.29, 1.82) is 0 Å². The Morgan fingerprint density at radius 2 is 2.10 bits per heavy atom. The fraction of sp³-hybridized carbons (Fsp3) is 0.417. The van der Waals surface area contributed by atoms with Crippen LogP contribution in [-0.2, 0) is 0 Å². The van der Waals surface area contributed by atoms with Crippen LogP contribution in [0.2, 0.25) is 0 Å². The van der Waals surface area contributed by atoms with E-state index in [0.29, 0.717) is 10.8 Å². The second-order valence-electron chi connectivity index (χ2n) is 4.54. The first-order valence-electron chi connectivity index (χ1n) is 6.41. The van der Waals surface area contributed by atoms with Crippen molar-refractivity contribution in [2.75, 3.05) is 23.3 Å². The molecule has 2 aromatic rings. The van der Waals surface area contributed by atoms with Crippen LogP contribution in [-0.4, -0.2) is 39.2 Å². The van der Waals surface area contributed by atoms with E-state index >= 15 is 0 Å². The maximum atomic E-state index is 12.1. The highest BCUT2D eigenvalue weighted by Gasteiger charge is 2.17. The standard InChI is InChI=1S/C12H14N6OS/c1-8-16-17-12(20-8)15-11(19)9-6-10(14-7-13-9)18-4-2-3-5-18/h6-7H,2-5H2,1H3,(H,15,17,19). The SMILES string of the molecule is Cc1nnc(NC(=O)c2cc(N3CCCC3)ncn2)s1. The van der Waals surface area contributed by atoms with Crippen molar-refractivity contribution in [3.63, 3.8) is 0 Å². The number of anilines is 2. The van der Waals surface area contributed by atoms with Gasteiger partial charge in [-0.05, 0) is 19.8 Å². The van der Waals surface area contributed by atoms with Crippen molar-refractivity contribution in [2.45, 2.75) is 19.8 Å². The van der Waals surface area contributed by atoms with Crippen LogP contribution in [0, 0.1) is 6.92 Å². The zero-order valence-corrected chi connectivity index (χ0v) is 11.9. The first-order chi connectivity index (χ1) is 9.72. The Hall–Kier alpha value is -2.09. The summed E-state index contributed by atoms with van der Waals surface area (Å²) in [5.41, 5.74) is 0.342. The lowest BCUT2D eigenvalue weighted by Crippen LogP contribution is -2.21. The van der Waals surface area contributed by atoms with Crippen LogP contribution in [0.1, 0.15) is 28.3 Å². The van der Waals surface area contributed by atoms with Gasteiger partial charge in [0.25, 0.3) is 5.91 Å². The molecular formula is C12H14N6OS. The molecule has 1 saturated heterocycles. The van der Waals surface area contributed by atoms with Crippen molar-refractivity contribution in [1.82, 2.24) is 20.2 Å². The molecular weight excluding hydrogens is 276 g/mol. The number of rotatable bonds is 3. The molecule has 0 aromatic carbocycles. The Morgan fingerprint density at radius 3 is 2.80 bits per heavy atom. The van der Waals surface area contributed by atoms with E-state index < -0.39 is 0 Å². The van der Waals surface area contributed by atoms with Gasteiger partial charge in [0, 0.05) is 19.2 Å². The van der Waals surface area contributed by atoms with E-state index in [1.807, 2.05) is 6.92 Å². The molecule has 20 heavy (non-hydrogen) atoms. The number of amides is 1. The second kappa shape index (κ2) is 5.49. The smallest absolute Gasteiger partial charge is 0.276 e. The molecule has 1 N–H and O–H groups in total. The van der Waals surface area contributed by atoms with E-state index in [1.165, 1.54) is 17.7 Å². The van der Waals surface area contributed by atoms with Gasteiger partial charge < -0.3 is 4.90 Å². The van der Waals surface area contributed by atoms with Gasteiger partial charge in [-0.25, -0.2) is 9.97 Å². The topological polar surface area (TPSA) is 83.9 Å². The minimum Gasteiger partial charge on any atom is -0.357 e. The fourth-order valence-corrected chi connectivity index (χ4v) is 2.69. The van der Waals surface area contributed by atoms with E-state index in [9.17, 15) is 4.79 Å². The van der Waals surface area contributed by atoms with Gasteiger partial charge in [0.05, 0.1) is 0 Å². The highest BCUT2D eigenvalue weighted by molar-refractivity contribution is 7.15. The number of hydrogen-bond donors (Lipinski definition) is 1. The molecule has 0 atom stereocenters. The van der Waals surface area contributed by atoms with Crippen LogP contribution in [0.4, 0.5) is 10.9 Å². The van der Waals surface area contributed by atoms with Crippen LogP contribution >= 0.6 is 11.3 Å². The summed E-state index contributed by atoms with van der Waals surface area (Å²) in [4.78, 5) is 22.5. The Kier molecular flexibility index (Phi) is 3.55. The Bertz CT molecular complexity index is 622. The van der Waals surface area contributed by atoms with Crippen LogP contribution in [0.25, 0.3) is 0 Å². The van der Waals surface area contributed by atoms with E-state index in [-0.39, 0.29) is 5.91 Å². The van der Waals surface area contributed by atoms with Crippen molar-refractivity contribution in [3.05, 3.63) is 23.1 Å². The van der Waals surface area contributed by atoms with E-state index in [0.717, 1.165) is 36.8 Å². The molecule has 104 valence electrons. The average Bonchev–Trinajstić information content (AvgIpc) is 3.11. The van der Waals surface area contributed by atoms with E-state index in [1.54, 1.807) is 6.07 Å². The number of nitrogens with one attached hydrogen (secondary N) is 1. The summed E-state index contributed by atoms with van der Waals surface area (Å²) in [6, 6.07) is 1.72. The van der Waals surface area contributed by atoms with Gasteiger partial charge in [0.2, 0.25) is 5.13 Å². The van der Waals surface area contributed by atoms with Gasteiger partial charge in [-0.15, -0.1) is 10.2 Å². The van der Waals surface area contributed by atoms with Crippen LogP contribution in [0.5, 0.6) is 0 Å². The predicted octanol–water partition coefficient (Wildman–Crippen LogP) is 1.49. The van der Waals surface area contributed by atoms with Crippen LogP contribution < -0.4 is 10.2 Å². The monoisotopic (exact) mass is 290 g/mol. The number of carbonyl (C=O) groups is 1. The maximum Gasteiger partial charge on any atom is 0.276 e. The molecule has 0 radical (unpaired) electrons. The first-order valence-corrected chi connectivity index (χ1v) is 7.22. The maximum absolute atomic E-state index is 12.1. The Labute approximate surface area is 120 Å². The minimum atomic E-state index is -0.288. The molecule has 1 amide bonds. The third-order valence-electron chi connectivity index (χ3n) is 3.06. The Morgan fingerprint density at radius 1 is 1.30 bits per heavy atom. The van der Waals surface area contributed by atoms with Crippen LogP contribution in [0.3, 0.4) is 0 Å². The number of aryl methyl sites for hydroxylation is 1. The van der Waals surface area contributed by atoms with Gasteiger partial charge >= 0.3 is 0 Å². The number of aromatic nitrogens is 4. The summed E-state index contributed by atoms with van der Waals surface area (Å²) in [7, 11) is 0. The lowest BCUT2D eigenvalue weighted by atomic mass is 10.3. The van der Waals surface area contributed by atoms with Crippen molar-refractivity contribution in [2.24, 2.45) is 0 Å². The molecule has 0 saturated carbocycles. The molecule has 2 aromatic heterocycles. The van der Waals surface area contributed by atoms with Gasteiger partial charge in [0.15, 0.2) is 0 Å². The summed E-state index contributed by atoms with van der Waals surface area (Å²) in [6.45, 7) is 3.80. The molecule has 1 fully saturated rings. The summed E-state index contributed by atoms with van der Waals surface area (Å²) in [5.74, 6) is 0.514. The third-order valence-corrected chi connectivity index (χ3v) is 3.82. The number of nitrogens with zero attached hydrogens (tertiary/aromatic N) is 5. The molecule has 1 aliphatic heterocycles. The minimum absolute atomic E-state index is 0.288. The van der Waals surface area contributed by atoms with E-state index in [4.69, 9.17) is 0 Å². The molecule has 3 rings (SSSR count). The normalized spacial score (nSPS) is 14.6. The Balaban J connectivity index is 1.75. The molecule has 0 spiro atoms. The van der Waals surface area contributed by atoms with Gasteiger partial charge in [-0.2, -0.15) is 0 Å². The third kappa shape index (κ3) is 2.74. The number of hydrogen-bond acceptors (Lipinski definition) is 7. The highest BCUT2D eigenvalue weighted by atomic mass is 32.1. The lowest BCUT2D eigenvalue weighted by molar-refractivity contribution is 0.102. The molecule has 0 unspecified atom stereocenters. The summed E-state index contributed by atoms with van der Waals surface area (Å²) in [6.07, 6.45) is 3.75. The fourth-order valence-electron chi connectivity index (χ4n) is 2.10.